The molecule has 0 spiro atoms. The monoisotopic (exact) mass is 265 g/mol. The van der Waals surface area contributed by atoms with Crippen molar-refractivity contribution in [3.8, 4) is 0 Å². The molecule has 3 fully saturated rings. The summed E-state index contributed by atoms with van der Waals surface area (Å²) in [4.78, 5) is 25.4. The van der Waals surface area contributed by atoms with Crippen LogP contribution in [-0.4, -0.2) is 34.5 Å². The van der Waals surface area contributed by atoms with Crippen molar-refractivity contribution in [2.75, 3.05) is 6.54 Å². The fourth-order valence-corrected chi connectivity index (χ4v) is 4.26. The Morgan fingerprint density at radius 2 is 1.79 bits per heavy atom. The molecule has 1 amide bonds. The quantitative estimate of drug-likeness (QED) is 0.848. The normalized spacial score (nSPS) is 36.9. The highest BCUT2D eigenvalue weighted by atomic mass is 16.4. The molecule has 0 radical (unpaired) electrons. The highest BCUT2D eigenvalue weighted by Gasteiger charge is 2.57. The summed E-state index contributed by atoms with van der Waals surface area (Å²) in [5.41, 5.74) is 0. The molecule has 1 heterocycles. The van der Waals surface area contributed by atoms with Gasteiger partial charge in [0.25, 0.3) is 0 Å². The lowest BCUT2D eigenvalue weighted by Gasteiger charge is -2.36. The molecule has 3 unspecified atom stereocenters. The van der Waals surface area contributed by atoms with Crippen LogP contribution in [0.1, 0.15) is 51.4 Å². The van der Waals surface area contributed by atoms with Crippen LogP contribution < -0.4 is 0 Å². The van der Waals surface area contributed by atoms with E-state index >= 15 is 0 Å². The minimum absolute atomic E-state index is 0.179. The fraction of sp³-hybridized carbons (Fsp3) is 0.867. The van der Waals surface area contributed by atoms with E-state index in [1.165, 1.54) is 19.3 Å². The van der Waals surface area contributed by atoms with E-state index in [9.17, 15) is 9.59 Å². The predicted octanol–water partition coefficient (Wildman–Crippen LogP) is 2.28. The van der Waals surface area contributed by atoms with Crippen LogP contribution in [0.5, 0.6) is 0 Å². The van der Waals surface area contributed by atoms with Crippen molar-refractivity contribution in [2.45, 2.75) is 57.4 Å². The Morgan fingerprint density at radius 3 is 2.47 bits per heavy atom. The van der Waals surface area contributed by atoms with Gasteiger partial charge in [-0.1, -0.05) is 6.42 Å². The molecule has 3 rings (SSSR count). The van der Waals surface area contributed by atoms with E-state index in [4.69, 9.17) is 5.11 Å². The van der Waals surface area contributed by atoms with Crippen LogP contribution in [0.25, 0.3) is 0 Å². The first-order valence-corrected chi connectivity index (χ1v) is 7.71. The van der Waals surface area contributed by atoms with Crippen LogP contribution in [-0.2, 0) is 9.59 Å². The number of likely N-dealkylation sites (tertiary alicyclic amines) is 1. The second-order valence-electron chi connectivity index (χ2n) is 6.40. The predicted molar refractivity (Wildman–Crippen MR) is 70.5 cm³/mol. The Hall–Kier alpha value is -1.06. The third-order valence-corrected chi connectivity index (χ3v) is 5.29. The summed E-state index contributed by atoms with van der Waals surface area (Å²) in [6.45, 7) is 0.846. The molecular formula is C15H23NO3. The number of amides is 1. The highest BCUT2D eigenvalue weighted by Crippen LogP contribution is 2.58. The largest absolute Gasteiger partial charge is 0.481 e. The first kappa shape index (κ1) is 12.9. The van der Waals surface area contributed by atoms with Crippen molar-refractivity contribution in [3.05, 3.63) is 0 Å². The third kappa shape index (κ3) is 2.49. The summed E-state index contributed by atoms with van der Waals surface area (Å²) in [5, 5.41) is 8.82. The molecule has 0 aromatic rings. The zero-order chi connectivity index (χ0) is 13.4. The maximum Gasteiger partial charge on any atom is 0.303 e. The molecule has 2 saturated carbocycles. The van der Waals surface area contributed by atoms with Gasteiger partial charge in [-0.05, 0) is 50.4 Å². The molecule has 4 heteroatoms. The second-order valence-corrected chi connectivity index (χ2v) is 6.40. The molecular weight excluding hydrogens is 242 g/mol. The minimum atomic E-state index is -0.749. The summed E-state index contributed by atoms with van der Waals surface area (Å²) >= 11 is 0. The maximum absolute atomic E-state index is 12.6. The minimum Gasteiger partial charge on any atom is -0.481 e. The molecule has 0 bridgehead atoms. The van der Waals surface area contributed by atoms with E-state index in [0.29, 0.717) is 30.1 Å². The van der Waals surface area contributed by atoms with Gasteiger partial charge in [0.15, 0.2) is 0 Å². The number of hydrogen-bond donors (Lipinski definition) is 1. The van der Waals surface area contributed by atoms with Crippen LogP contribution in [0.3, 0.4) is 0 Å². The van der Waals surface area contributed by atoms with Gasteiger partial charge in [-0.3, -0.25) is 9.59 Å². The zero-order valence-corrected chi connectivity index (χ0v) is 11.4. The maximum atomic E-state index is 12.6. The van der Waals surface area contributed by atoms with Gasteiger partial charge in [-0.2, -0.15) is 0 Å². The van der Waals surface area contributed by atoms with Gasteiger partial charge in [0.2, 0.25) is 5.91 Å². The number of hydrogen-bond acceptors (Lipinski definition) is 2. The molecule has 4 nitrogen and oxygen atoms in total. The van der Waals surface area contributed by atoms with Crippen molar-refractivity contribution in [1.29, 1.82) is 0 Å². The van der Waals surface area contributed by atoms with Crippen molar-refractivity contribution < 1.29 is 14.7 Å². The molecule has 3 atom stereocenters. The van der Waals surface area contributed by atoms with Crippen LogP contribution >= 0.6 is 0 Å². The summed E-state index contributed by atoms with van der Waals surface area (Å²) < 4.78 is 0. The topological polar surface area (TPSA) is 57.6 Å². The Bertz CT molecular complexity index is 372. The van der Waals surface area contributed by atoms with Gasteiger partial charge in [0.05, 0.1) is 0 Å². The lowest BCUT2D eigenvalue weighted by atomic mass is 9.96. The molecule has 19 heavy (non-hydrogen) atoms. The van der Waals surface area contributed by atoms with Gasteiger partial charge in [-0.15, -0.1) is 0 Å². The smallest absolute Gasteiger partial charge is 0.303 e. The van der Waals surface area contributed by atoms with Crippen molar-refractivity contribution in [2.24, 2.45) is 17.8 Å². The number of rotatable bonds is 4. The summed E-state index contributed by atoms with van der Waals surface area (Å²) in [6.07, 6.45) is 7.77. The van der Waals surface area contributed by atoms with Crippen LogP contribution in [0.2, 0.25) is 0 Å². The number of carboxylic acid groups (broad SMARTS) is 1. The second kappa shape index (κ2) is 5.14. The Morgan fingerprint density at radius 1 is 1.05 bits per heavy atom. The number of piperidine rings is 1. The molecule has 1 saturated heterocycles. The Kier molecular flexibility index (Phi) is 3.50. The average Bonchev–Trinajstić information content (AvgIpc) is 2.88. The molecule has 1 aliphatic heterocycles. The van der Waals surface area contributed by atoms with Gasteiger partial charge >= 0.3 is 5.97 Å². The van der Waals surface area contributed by atoms with Gasteiger partial charge in [0, 0.05) is 24.9 Å². The number of fused-ring (bicyclic) bond motifs is 1. The standard InChI is InChI=1S/C15H23NO3/c17-13(18)8-7-10-4-1-2-9-16(10)15(19)14-11-5-3-6-12(11)14/h10-12,14H,1-9H2,(H,17,18). The van der Waals surface area contributed by atoms with Gasteiger partial charge in [0.1, 0.15) is 0 Å². The molecule has 2 aliphatic carbocycles. The van der Waals surface area contributed by atoms with Crippen LogP contribution in [0, 0.1) is 17.8 Å². The van der Waals surface area contributed by atoms with E-state index < -0.39 is 5.97 Å². The van der Waals surface area contributed by atoms with Crippen molar-refractivity contribution >= 4 is 11.9 Å². The molecule has 3 aliphatic rings. The molecule has 0 aromatic carbocycles. The van der Waals surface area contributed by atoms with E-state index in [2.05, 4.69) is 0 Å². The summed E-state index contributed by atoms with van der Waals surface area (Å²) in [6, 6.07) is 0.179. The number of carbonyl (C=O) groups is 2. The lowest BCUT2D eigenvalue weighted by molar-refractivity contribution is -0.141. The van der Waals surface area contributed by atoms with E-state index in [0.717, 1.165) is 25.8 Å². The van der Waals surface area contributed by atoms with Crippen LogP contribution in [0.4, 0.5) is 0 Å². The highest BCUT2D eigenvalue weighted by molar-refractivity contribution is 5.83. The Balaban J connectivity index is 1.60. The zero-order valence-electron chi connectivity index (χ0n) is 11.4. The molecule has 1 N–H and O–H groups in total. The SMILES string of the molecule is O=C(O)CCC1CCCCN1C(=O)C1C2CCCC21. The first-order valence-electron chi connectivity index (χ1n) is 7.71. The summed E-state index contributed by atoms with van der Waals surface area (Å²) in [7, 11) is 0. The van der Waals surface area contributed by atoms with E-state index in [-0.39, 0.29) is 12.5 Å². The number of nitrogens with zero attached hydrogens (tertiary/aromatic N) is 1. The number of carboxylic acids is 1. The average molecular weight is 265 g/mol. The number of carbonyl (C=O) groups excluding carboxylic acids is 1. The number of aliphatic carboxylic acids is 1. The van der Waals surface area contributed by atoms with E-state index in [1.807, 2.05) is 4.90 Å². The first-order chi connectivity index (χ1) is 9.18. The van der Waals surface area contributed by atoms with E-state index in [1.54, 1.807) is 0 Å². The van der Waals surface area contributed by atoms with Crippen molar-refractivity contribution in [1.82, 2.24) is 4.90 Å². The molecule has 0 aromatic heterocycles. The van der Waals surface area contributed by atoms with Crippen molar-refractivity contribution in [3.63, 3.8) is 0 Å². The molecule has 106 valence electrons. The van der Waals surface area contributed by atoms with Gasteiger partial charge in [-0.25, -0.2) is 0 Å². The summed E-state index contributed by atoms with van der Waals surface area (Å²) in [5.74, 6) is 1.20. The van der Waals surface area contributed by atoms with Gasteiger partial charge < -0.3 is 10.0 Å². The fourth-order valence-electron chi connectivity index (χ4n) is 4.26. The third-order valence-electron chi connectivity index (χ3n) is 5.29. The lowest BCUT2D eigenvalue weighted by Crippen LogP contribution is -2.45. The Labute approximate surface area is 114 Å². The van der Waals surface area contributed by atoms with Crippen LogP contribution in [0.15, 0.2) is 0 Å².